The molecule has 0 bridgehead atoms. The largest absolute Gasteiger partial charge is 0.481 e. The van der Waals surface area contributed by atoms with Crippen LogP contribution >= 0.6 is 0 Å². The average Bonchev–Trinajstić information content (AvgIpc) is 2.13. The first-order valence-electron chi connectivity index (χ1n) is 5.84. The summed E-state index contributed by atoms with van der Waals surface area (Å²) in [7, 11) is 0. The lowest BCUT2D eigenvalue weighted by Crippen LogP contribution is -2.30. The van der Waals surface area contributed by atoms with Gasteiger partial charge in [0.25, 0.3) is 0 Å². The summed E-state index contributed by atoms with van der Waals surface area (Å²) in [6.45, 7) is 9.72. The van der Waals surface area contributed by atoms with Crippen molar-refractivity contribution in [1.29, 1.82) is 0 Å². The third-order valence-corrected chi connectivity index (χ3v) is 2.78. The lowest BCUT2D eigenvalue weighted by molar-refractivity contribution is -0.147. The fourth-order valence-corrected chi connectivity index (χ4v) is 1.45. The van der Waals surface area contributed by atoms with Crippen molar-refractivity contribution in [2.45, 2.75) is 47.0 Å². The first kappa shape index (κ1) is 14.4. The maximum atomic E-state index is 10.8. The minimum Gasteiger partial charge on any atom is -0.481 e. The Bertz CT molecular complexity index is 190. The van der Waals surface area contributed by atoms with Gasteiger partial charge in [0.05, 0.1) is 5.41 Å². The van der Waals surface area contributed by atoms with Crippen molar-refractivity contribution >= 4 is 5.97 Å². The molecule has 0 radical (unpaired) electrons. The molecule has 0 aliphatic carbocycles. The fourth-order valence-electron chi connectivity index (χ4n) is 1.45. The van der Waals surface area contributed by atoms with Crippen LogP contribution < -0.4 is 5.32 Å². The van der Waals surface area contributed by atoms with E-state index in [1.54, 1.807) is 13.8 Å². The highest BCUT2D eigenvalue weighted by atomic mass is 16.4. The number of carboxylic acid groups (broad SMARTS) is 1. The Morgan fingerprint density at radius 2 is 2.07 bits per heavy atom. The molecule has 0 amide bonds. The van der Waals surface area contributed by atoms with E-state index in [2.05, 4.69) is 19.2 Å². The number of hydrogen-bond acceptors (Lipinski definition) is 2. The van der Waals surface area contributed by atoms with Crippen LogP contribution in [0, 0.1) is 11.3 Å². The smallest absolute Gasteiger partial charge is 0.309 e. The molecule has 0 aliphatic heterocycles. The van der Waals surface area contributed by atoms with E-state index in [0.717, 1.165) is 13.1 Å². The Balaban J connectivity index is 3.58. The highest BCUT2D eigenvalue weighted by Crippen LogP contribution is 2.19. The van der Waals surface area contributed by atoms with Crippen LogP contribution in [-0.2, 0) is 4.79 Å². The molecule has 15 heavy (non-hydrogen) atoms. The van der Waals surface area contributed by atoms with Gasteiger partial charge in [-0.15, -0.1) is 0 Å². The van der Waals surface area contributed by atoms with E-state index >= 15 is 0 Å². The van der Waals surface area contributed by atoms with Gasteiger partial charge in [0, 0.05) is 0 Å². The lowest BCUT2D eigenvalue weighted by Gasteiger charge is -2.19. The first-order chi connectivity index (χ1) is 6.90. The molecule has 3 nitrogen and oxygen atoms in total. The summed E-state index contributed by atoms with van der Waals surface area (Å²) in [4.78, 5) is 10.8. The number of nitrogens with one attached hydrogen (secondary N) is 1. The van der Waals surface area contributed by atoms with Gasteiger partial charge in [-0.3, -0.25) is 4.79 Å². The van der Waals surface area contributed by atoms with Gasteiger partial charge >= 0.3 is 5.97 Å². The third kappa shape index (κ3) is 6.50. The Morgan fingerprint density at radius 1 is 1.47 bits per heavy atom. The van der Waals surface area contributed by atoms with Gasteiger partial charge in [-0.1, -0.05) is 20.3 Å². The molecule has 0 aromatic rings. The monoisotopic (exact) mass is 215 g/mol. The molecule has 0 fully saturated rings. The number of carbonyl (C=O) groups is 1. The van der Waals surface area contributed by atoms with E-state index < -0.39 is 11.4 Å². The molecule has 0 aromatic heterocycles. The normalized spacial score (nSPS) is 13.9. The molecule has 0 heterocycles. The van der Waals surface area contributed by atoms with Gasteiger partial charge < -0.3 is 10.4 Å². The van der Waals surface area contributed by atoms with Gasteiger partial charge in [0.2, 0.25) is 0 Å². The Morgan fingerprint density at radius 3 is 2.53 bits per heavy atom. The van der Waals surface area contributed by atoms with E-state index in [1.165, 1.54) is 12.8 Å². The van der Waals surface area contributed by atoms with Crippen LogP contribution in [0.5, 0.6) is 0 Å². The van der Waals surface area contributed by atoms with Crippen LogP contribution in [-0.4, -0.2) is 24.2 Å². The van der Waals surface area contributed by atoms with Gasteiger partial charge in [-0.05, 0) is 45.7 Å². The number of aliphatic carboxylic acids is 1. The highest BCUT2D eigenvalue weighted by molar-refractivity contribution is 5.73. The fraction of sp³-hybridized carbons (Fsp3) is 0.917. The lowest BCUT2D eigenvalue weighted by atomic mass is 9.89. The maximum Gasteiger partial charge on any atom is 0.309 e. The van der Waals surface area contributed by atoms with E-state index in [4.69, 9.17) is 5.11 Å². The molecular formula is C12H25NO2. The quantitative estimate of drug-likeness (QED) is 0.612. The van der Waals surface area contributed by atoms with Gasteiger partial charge in [0.15, 0.2) is 0 Å². The van der Waals surface area contributed by atoms with Crippen molar-refractivity contribution < 1.29 is 9.90 Å². The van der Waals surface area contributed by atoms with Gasteiger partial charge in [0.1, 0.15) is 0 Å². The van der Waals surface area contributed by atoms with Crippen molar-refractivity contribution in [1.82, 2.24) is 5.32 Å². The van der Waals surface area contributed by atoms with Crippen molar-refractivity contribution in [3.63, 3.8) is 0 Å². The first-order valence-corrected chi connectivity index (χ1v) is 5.84. The average molecular weight is 215 g/mol. The van der Waals surface area contributed by atoms with E-state index in [1.807, 2.05) is 0 Å². The van der Waals surface area contributed by atoms with Crippen LogP contribution in [0.4, 0.5) is 0 Å². The Hall–Kier alpha value is -0.570. The summed E-state index contributed by atoms with van der Waals surface area (Å²) in [6.07, 6.45) is 3.12. The molecule has 90 valence electrons. The van der Waals surface area contributed by atoms with Crippen LogP contribution in [0.3, 0.4) is 0 Å². The summed E-state index contributed by atoms with van der Waals surface area (Å²) in [5.74, 6) is -0.0335. The van der Waals surface area contributed by atoms with Crippen LogP contribution in [0.2, 0.25) is 0 Å². The standard InChI is InChI=1S/C12H25NO2/c1-5-6-10(2)9-13-8-7-12(3,4)11(14)15/h10,13H,5-9H2,1-4H3,(H,14,15). The van der Waals surface area contributed by atoms with Crippen molar-refractivity contribution in [3.8, 4) is 0 Å². The molecule has 2 N–H and O–H groups in total. The van der Waals surface area contributed by atoms with Crippen LogP contribution in [0.1, 0.15) is 47.0 Å². The zero-order valence-corrected chi connectivity index (χ0v) is 10.5. The Labute approximate surface area is 93.3 Å². The summed E-state index contributed by atoms with van der Waals surface area (Å²) >= 11 is 0. The predicted molar refractivity (Wildman–Crippen MR) is 63.0 cm³/mol. The molecule has 0 spiro atoms. The molecule has 3 heteroatoms. The molecule has 0 aromatic carbocycles. The molecule has 0 saturated heterocycles. The number of carboxylic acids is 1. The van der Waals surface area contributed by atoms with Crippen LogP contribution in [0.15, 0.2) is 0 Å². The third-order valence-electron chi connectivity index (χ3n) is 2.78. The van der Waals surface area contributed by atoms with Crippen molar-refractivity contribution in [3.05, 3.63) is 0 Å². The second-order valence-corrected chi connectivity index (χ2v) is 5.04. The molecule has 0 aliphatic rings. The second-order valence-electron chi connectivity index (χ2n) is 5.04. The molecule has 0 rings (SSSR count). The van der Waals surface area contributed by atoms with E-state index in [-0.39, 0.29) is 0 Å². The summed E-state index contributed by atoms with van der Waals surface area (Å²) in [6, 6.07) is 0. The summed E-state index contributed by atoms with van der Waals surface area (Å²) in [5, 5.41) is 12.2. The molecule has 1 atom stereocenters. The SMILES string of the molecule is CCCC(C)CNCCC(C)(C)C(=O)O. The Kier molecular flexibility index (Phi) is 6.57. The predicted octanol–water partition coefficient (Wildman–Crippen LogP) is 2.51. The second kappa shape index (κ2) is 6.83. The van der Waals surface area contributed by atoms with E-state index in [0.29, 0.717) is 12.3 Å². The summed E-state index contributed by atoms with van der Waals surface area (Å²) in [5.41, 5.74) is -0.610. The molecule has 1 unspecified atom stereocenters. The minimum atomic E-state index is -0.717. The van der Waals surface area contributed by atoms with E-state index in [9.17, 15) is 4.79 Å². The zero-order valence-electron chi connectivity index (χ0n) is 10.5. The maximum absolute atomic E-state index is 10.8. The van der Waals surface area contributed by atoms with Crippen molar-refractivity contribution in [2.24, 2.45) is 11.3 Å². The molecular weight excluding hydrogens is 190 g/mol. The summed E-state index contributed by atoms with van der Waals surface area (Å²) < 4.78 is 0. The number of rotatable bonds is 8. The number of hydrogen-bond donors (Lipinski definition) is 2. The van der Waals surface area contributed by atoms with Gasteiger partial charge in [-0.2, -0.15) is 0 Å². The van der Waals surface area contributed by atoms with Gasteiger partial charge in [-0.25, -0.2) is 0 Å². The van der Waals surface area contributed by atoms with Crippen molar-refractivity contribution in [2.75, 3.05) is 13.1 Å². The van der Waals surface area contributed by atoms with Crippen LogP contribution in [0.25, 0.3) is 0 Å². The topological polar surface area (TPSA) is 49.3 Å². The molecule has 0 saturated carbocycles. The minimum absolute atomic E-state index is 0.610. The zero-order chi connectivity index (χ0) is 11.9. The highest BCUT2D eigenvalue weighted by Gasteiger charge is 2.26.